The molecule has 7 rings (SSSR count). The molecule has 3 aliphatic heterocycles. The van der Waals surface area contributed by atoms with Crippen LogP contribution in [0.5, 0.6) is 0 Å². The lowest BCUT2D eigenvalue weighted by Crippen LogP contribution is -3.00. The number of quaternary nitrogens is 1. The molecule has 0 spiro atoms. The topological polar surface area (TPSA) is 102 Å². The van der Waals surface area contributed by atoms with Gasteiger partial charge in [0.15, 0.2) is 18.5 Å². The summed E-state index contributed by atoms with van der Waals surface area (Å²) in [6.45, 7) is 2.56. The van der Waals surface area contributed by atoms with Crippen LogP contribution < -0.4 is 22.3 Å². The Balaban J connectivity index is 0.00000267. The number of aromatic nitrogens is 1. The highest BCUT2D eigenvalue weighted by Crippen LogP contribution is 2.42. The van der Waals surface area contributed by atoms with E-state index >= 15 is 0 Å². The zero-order chi connectivity index (χ0) is 24.0. The summed E-state index contributed by atoms with van der Waals surface area (Å²) in [7, 11) is 0. The molecule has 3 aromatic rings. The van der Waals surface area contributed by atoms with Gasteiger partial charge in [-0.25, -0.2) is 4.79 Å². The highest BCUT2D eigenvalue weighted by atomic mass is 79.9. The summed E-state index contributed by atoms with van der Waals surface area (Å²) in [4.78, 5) is 26.5. The summed E-state index contributed by atoms with van der Waals surface area (Å²) < 4.78 is 11.5. The lowest BCUT2D eigenvalue weighted by Gasteiger charge is -2.51. The van der Waals surface area contributed by atoms with Crippen LogP contribution in [0, 0.1) is 5.92 Å². The number of nitrogens with zero attached hydrogens (tertiary/aromatic N) is 2. The number of benzene rings is 2. The van der Waals surface area contributed by atoms with Crippen LogP contribution in [0.1, 0.15) is 35.1 Å². The number of anilines is 1. The number of aliphatic hydroxyl groups is 1. The SMILES string of the molecule is O=C(C[N+]12CCC(CC1)[C@@H](OC(=O)C1(O)c3ccccc3Cc3ccccc31)C2)Nc1ccon1.[Br-]. The van der Waals surface area contributed by atoms with Crippen molar-refractivity contribution in [1.29, 1.82) is 0 Å². The van der Waals surface area contributed by atoms with Crippen LogP contribution in [0.2, 0.25) is 0 Å². The number of carbonyl (C=O) groups excluding carboxylic acids is 2. The monoisotopic (exact) mass is 553 g/mol. The van der Waals surface area contributed by atoms with E-state index in [9.17, 15) is 14.7 Å². The molecule has 4 aliphatic rings. The van der Waals surface area contributed by atoms with Crippen molar-refractivity contribution in [1.82, 2.24) is 5.16 Å². The molecule has 0 radical (unpaired) electrons. The molecule has 1 atom stereocenters. The number of hydrogen-bond acceptors (Lipinski definition) is 6. The molecule has 0 saturated carbocycles. The van der Waals surface area contributed by atoms with Crippen LogP contribution in [0.25, 0.3) is 0 Å². The number of fused-ring (bicyclic) bond motifs is 5. The molecule has 1 aliphatic carbocycles. The van der Waals surface area contributed by atoms with Gasteiger partial charge in [-0.2, -0.15) is 0 Å². The van der Waals surface area contributed by atoms with Crippen molar-refractivity contribution in [2.24, 2.45) is 5.92 Å². The van der Waals surface area contributed by atoms with E-state index < -0.39 is 11.6 Å². The van der Waals surface area contributed by atoms with E-state index in [0.717, 1.165) is 37.1 Å². The van der Waals surface area contributed by atoms with E-state index in [1.807, 2.05) is 48.5 Å². The second-order valence-electron chi connectivity index (χ2n) is 10.0. The van der Waals surface area contributed by atoms with E-state index in [2.05, 4.69) is 10.5 Å². The molecule has 2 aromatic carbocycles. The van der Waals surface area contributed by atoms with Crippen molar-refractivity contribution < 1.29 is 45.4 Å². The molecule has 9 heteroatoms. The maximum atomic E-state index is 13.8. The van der Waals surface area contributed by atoms with Gasteiger partial charge >= 0.3 is 5.97 Å². The largest absolute Gasteiger partial charge is 1.00 e. The van der Waals surface area contributed by atoms with Crippen molar-refractivity contribution in [3.63, 3.8) is 0 Å². The summed E-state index contributed by atoms with van der Waals surface area (Å²) >= 11 is 0. The maximum absolute atomic E-state index is 13.8. The molecule has 188 valence electrons. The Morgan fingerprint density at radius 2 is 1.69 bits per heavy atom. The molecule has 1 amide bonds. The maximum Gasteiger partial charge on any atom is 0.348 e. The number of hydrogen-bond donors (Lipinski definition) is 2. The smallest absolute Gasteiger partial charge is 0.348 e. The third-order valence-electron chi connectivity index (χ3n) is 7.97. The van der Waals surface area contributed by atoms with Gasteiger partial charge in [-0.15, -0.1) is 0 Å². The Hall–Kier alpha value is -3.01. The first-order valence-corrected chi connectivity index (χ1v) is 12.1. The van der Waals surface area contributed by atoms with Crippen molar-refractivity contribution in [2.45, 2.75) is 31.0 Å². The van der Waals surface area contributed by atoms with Crippen molar-refractivity contribution in [2.75, 3.05) is 31.5 Å². The fourth-order valence-corrected chi connectivity index (χ4v) is 6.19. The van der Waals surface area contributed by atoms with Gasteiger partial charge in [0.2, 0.25) is 5.60 Å². The predicted octanol–water partition coefficient (Wildman–Crippen LogP) is -0.390. The van der Waals surface area contributed by atoms with Gasteiger partial charge in [-0.1, -0.05) is 53.7 Å². The van der Waals surface area contributed by atoms with Gasteiger partial charge in [-0.05, 0) is 17.5 Å². The predicted molar refractivity (Wildman–Crippen MR) is 126 cm³/mol. The van der Waals surface area contributed by atoms with Crippen molar-refractivity contribution in [3.05, 3.63) is 83.1 Å². The first kappa shape index (κ1) is 24.7. The minimum Gasteiger partial charge on any atom is -1.00 e. The van der Waals surface area contributed by atoms with Crippen LogP contribution >= 0.6 is 0 Å². The van der Waals surface area contributed by atoms with Gasteiger partial charge in [0.1, 0.15) is 12.8 Å². The highest BCUT2D eigenvalue weighted by Gasteiger charge is 2.52. The standard InChI is InChI=1S/C27H27N3O5.BrH/c31-25(28-24-11-14-34-29-24)17-30-12-9-18(10-13-30)23(16-30)35-26(32)27(33)21-7-3-1-5-19(21)15-20-6-2-4-8-22(20)27;/h1-8,11,14,18,23,33H,9-10,12-13,15-17H2;1H/t18?,23-,30?;/m0./s1. The number of halogens is 1. The average Bonchev–Trinajstić information content (AvgIpc) is 3.37. The number of rotatable bonds is 5. The Labute approximate surface area is 219 Å². The Morgan fingerprint density at radius 3 is 2.31 bits per heavy atom. The van der Waals surface area contributed by atoms with Crippen LogP contribution in [0.4, 0.5) is 5.82 Å². The second kappa shape index (κ2) is 9.46. The Kier molecular flexibility index (Phi) is 6.48. The summed E-state index contributed by atoms with van der Waals surface area (Å²) in [5.74, 6) is -0.158. The van der Waals surface area contributed by atoms with Crippen molar-refractivity contribution in [3.8, 4) is 0 Å². The molecular formula is C27H28BrN3O5. The van der Waals surface area contributed by atoms with E-state index in [1.165, 1.54) is 6.26 Å². The molecule has 1 aromatic heterocycles. The van der Waals surface area contributed by atoms with Gasteiger partial charge in [0, 0.05) is 36.0 Å². The van der Waals surface area contributed by atoms with Crippen LogP contribution in [-0.4, -0.2) is 58.9 Å². The average molecular weight is 554 g/mol. The zero-order valence-electron chi connectivity index (χ0n) is 19.7. The van der Waals surface area contributed by atoms with Gasteiger partial charge in [0.05, 0.1) is 13.1 Å². The van der Waals surface area contributed by atoms with E-state index in [1.54, 1.807) is 6.07 Å². The normalized spacial score (nSPS) is 25.1. The van der Waals surface area contributed by atoms with Gasteiger partial charge in [-0.3, -0.25) is 4.79 Å². The summed E-state index contributed by atoms with van der Waals surface area (Å²) in [5, 5.41) is 18.5. The minimum absolute atomic E-state index is 0. The van der Waals surface area contributed by atoms with E-state index in [-0.39, 0.29) is 41.5 Å². The van der Waals surface area contributed by atoms with Crippen LogP contribution in [0.3, 0.4) is 0 Å². The highest BCUT2D eigenvalue weighted by molar-refractivity contribution is 5.90. The molecule has 3 saturated heterocycles. The molecule has 8 nitrogen and oxygen atoms in total. The number of piperidine rings is 3. The second-order valence-corrected chi connectivity index (χ2v) is 10.0. The minimum atomic E-state index is -1.85. The number of nitrogens with one attached hydrogen (secondary N) is 1. The van der Waals surface area contributed by atoms with E-state index in [0.29, 0.717) is 34.4 Å². The number of carbonyl (C=O) groups is 2. The van der Waals surface area contributed by atoms with E-state index in [4.69, 9.17) is 9.26 Å². The molecule has 0 unspecified atom stereocenters. The molecule has 3 fully saturated rings. The lowest BCUT2D eigenvalue weighted by atomic mass is 9.74. The van der Waals surface area contributed by atoms with Gasteiger partial charge < -0.3 is 41.1 Å². The fraction of sp³-hybridized carbons (Fsp3) is 0.370. The molecule has 2 N–H and O–H groups in total. The fourth-order valence-electron chi connectivity index (χ4n) is 6.19. The number of esters is 1. The molecular weight excluding hydrogens is 526 g/mol. The van der Waals surface area contributed by atoms with Gasteiger partial charge in [0.25, 0.3) is 5.91 Å². The zero-order valence-corrected chi connectivity index (χ0v) is 21.3. The third kappa shape index (κ3) is 4.15. The Morgan fingerprint density at radius 1 is 1.06 bits per heavy atom. The summed E-state index contributed by atoms with van der Waals surface area (Å²) in [6, 6.07) is 16.6. The summed E-state index contributed by atoms with van der Waals surface area (Å²) in [5.41, 5.74) is 1.16. The van der Waals surface area contributed by atoms with Crippen LogP contribution in [-0.2, 0) is 26.3 Å². The third-order valence-corrected chi connectivity index (χ3v) is 7.97. The van der Waals surface area contributed by atoms with Crippen molar-refractivity contribution >= 4 is 17.7 Å². The van der Waals surface area contributed by atoms with Crippen LogP contribution in [0.15, 0.2) is 65.4 Å². The summed E-state index contributed by atoms with van der Waals surface area (Å²) in [6.07, 6.45) is 3.47. The number of amides is 1. The first-order chi connectivity index (χ1) is 17.0. The molecule has 2 bridgehead atoms. The molecule has 36 heavy (non-hydrogen) atoms. The first-order valence-electron chi connectivity index (χ1n) is 12.1. The molecule has 4 heterocycles. The quantitative estimate of drug-likeness (QED) is 0.329. The lowest BCUT2D eigenvalue weighted by molar-refractivity contribution is -0.939. The number of ether oxygens (including phenoxy) is 1. The Bertz CT molecular complexity index is 1220.